The molecule has 10 rings (SSSR count). The molecular formula is C49H39N3Si2. The van der Waals surface area contributed by atoms with Crippen molar-refractivity contribution in [2.24, 2.45) is 0 Å². The highest BCUT2D eigenvalue weighted by molar-refractivity contribution is 7.05. The number of benzene rings is 7. The lowest BCUT2D eigenvalue weighted by Gasteiger charge is -2.24. The van der Waals surface area contributed by atoms with E-state index in [1.165, 1.54) is 65.3 Å². The van der Waals surface area contributed by atoms with Crippen LogP contribution in [-0.4, -0.2) is 31.1 Å². The molecule has 0 unspecified atom stereocenters. The van der Waals surface area contributed by atoms with E-state index < -0.39 is 16.1 Å². The zero-order chi connectivity index (χ0) is 36.6. The second-order valence-electron chi connectivity index (χ2n) is 15.6. The summed E-state index contributed by atoms with van der Waals surface area (Å²) in [5.41, 5.74) is 13.5. The van der Waals surface area contributed by atoms with Crippen LogP contribution in [0.15, 0.2) is 164 Å². The van der Waals surface area contributed by atoms with Crippen molar-refractivity contribution in [3.63, 3.8) is 0 Å². The molecule has 54 heavy (non-hydrogen) atoms. The lowest BCUT2D eigenvalue weighted by molar-refractivity contribution is 1.08. The minimum absolute atomic E-state index is 0.697. The van der Waals surface area contributed by atoms with Crippen LogP contribution in [0.25, 0.3) is 78.7 Å². The van der Waals surface area contributed by atoms with E-state index in [0.717, 1.165) is 28.3 Å². The van der Waals surface area contributed by atoms with Gasteiger partial charge in [0.25, 0.3) is 0 Å². The lowest BCUT2D eigenvalue weighted by atomic mass is 9.92. The van der Waals surface area contributed by atoms with E-state index in [1.54, 1.807) is 0 Å². The minimum atomic E-state index is -2.19. The molecule has 2 aliphatic heterocycles. The Morgan fingerprint density at radius 1 is 0.296 bits per heavy atom. The lowest BCUT2D eigenvalue weighted by Crippen LogP contribution is -2.50. The van der Waals surface area contributed by atoms with Gasteiger partial charge in [0.2, 0.25) is 0 Å². The smallest absolute Gasteiger partial charge is 0.164 e. The molecule has 0 N–H and O–H groups in total. The number of hydrogen-bond donors (Lipinski definition) is 0. The van der Waals surface area contributed by atoms with E-state index in [0.29, 0.717) is 5.82 Å². The van der Waals surface area contributed by atoms with Gasteiger partial charge in [-0.15, -0.1) is 0 Å². The molecule has 0 saturated heterocycles. The summed E-state index contributed by atoms with van der Waals surface area (Å²) in [7, 11) is -4.38. The maximum atomic E-state index is 5.54. The molecule has 3 nitrogen and oxygen atoms in total. The number of rotatable bonds is 5. The van der Waals surface area contributed by atoms with Crippen molar-refractivity contribution in [1.82, 2.24) is 15.0 Å². The average molecular weight is 726 g/mol. The van der Waals surface area contributed by atoms with Gasteiger partial charge in [0.05, 0.1) is 0 Å². The standard InChI is InChI=1S/C49H39N3Si2/c1-53(2)41-26-16-14-24-37(41)43-35(32-18-8-5-9-19-32)28-30-39(45(43)53)48-50-47(34-22-12-7-13-23-34)51-49(52-48)40-31-29-36(33-20-10-6-11-21-33)44-38-25-15-17-27-42(38)54(3,4)46(40)44/h5-31H,1-4H3. The molecule has 0 aliphatic carbocycles. The van der Waals surface area contributed by atoms with Crippen LogP contribution in [0.4, 0.5) is 0 Å². The van der Waals surface area contributed by atoms with Crippen molar-refractivity contribution in [2.45, 2.75) is 26.2 Å². The van der Waals surface area contributed by atoms with Gasteiger partial charge in [-0.05, 0) is 65.3 Å². The maximum Gasteiger partial charge on any atom is 0.164 e. The Morgan fingerprint density at radius 3 is 1.06 bits per heavy atom. The Hall–Kier alpha value is -6.02. The molecule has 0 amide bonds. The Morgan fingerprint density at radius 2 is 0.630 bits per heavy atom. The first kappa shape index (κ1) is 32.6. The second kappa shape index (κ2) is 12.3. The summed E-state index contributed by atoms with van der Waals surface area (Å²) in [6, 6.07) is 59.2. The highest BCUT2D eigenvalue weighted by atomic mass is 28.3. The van der Waals surface area contributed by atoms with Gasteiger partial charge in [0.15, 0.2) is 17.5 Å². The Bertz CT molecular complexity index is 2590. The van der Waals surface area contributed by atoms with Crippen LogP contribution in [0.2, 0.25) is 26.2 Å². The normalized spacial score (nSPS) is 14.2. The molecular weight excluding hydrogens is 687 g/mol. The quantitative estimate of drug-likeness (QED) is 0.166. The molecule has 0 fully saturated rings. The third-order valence-corrected chi connectivity index (χ3v) is 18.8. The molecule has 2 aliphatic rings. The number of fused-ring (bicyclic) bond motifs is 6. The summed E-state index contributed by atoms with van der Waals surface area (Å²) in [6.45, 7) is 9.93. The molecule has 258 valence electrons. The Labute approximate surface area is 319 Å². The number of aromatic nitrogens is 3. The second-order valence-corrected chi connectivity index (χ2v) is 24.1. The van der Waals surface area contributed by atoms with Gasteiger partial charge in [0.1, 0.15) is 16.1 Å². The van der Waals surface area contributed by atoms with Gasteiger partial charge in [-0.25, -0.2) is 15.0 Å². The highest BCUT2D eigenvalue weighted by Crippen LogP contribution is 2.42. The minimum Gasteiger partial charge on any atom is -0.208 e. The summed E-state index contributed by atoms with van der Waals surface area (Å²) in [4.78, 5) is 16.2. The zero-order valence-corrected chi connectivity index (χ0v) is 32.9. The van der Waals surface area contributed by atoms with Crippen LogP contribution < -0.4 is 20.7 Å². The van der Waals surface area contributed by atoms with Crippen molar-refractivity contribution < 1.29 is 0 Å². The van der Waals surface area contributed by atoms with E-state index in [2.05, 4.69) is 184 Å². The van der Waals surface area contributed by atoms with Crippen molar-refractivity contribution in [3.8, 4) is 78.7 Å². The van der Waals surface area contributed by atoms with Gasteiger partial charge < -0.3 is 0 Å². The summed E-state index contributed by atoms with van der Waals surface area (Å²) < 4.78 is 0. The van der Waals surface area contributed by atoms with Crippen LogP contribution >= 0.6 is 0 Å². The van der Waals surface area contributed by atoms with Crippen LogP contribution in [0.3, 0.4) is 0 Å². The summed E-state index contributed by atoms with van der Waals surface area (Å²) >= 11 is 0. The third kappa shape index (κ3) is 4.89. The SMILES string of the molecule is C[Si]1(C)c2ccccc2-c2c(-c3ccccc3)ccc(-c3nc(-c4ccccc4)nc(-c4ccc(-c5ccccc5)c5c4[Si](C)(C)c4ccccc4-5)n3)c21. The Kier molecular flexibility index (Phi) is 7.41. The zero-order valence-electron chi connectivity index (χ0n) is 30.9. The largest absolute Gasteiger partial charge is 0.208 e. The molecule has 1 aromatic heterocycles. The van der Waals surface area contributed by atoms with Crippen molar-refractivity contribution in [3.05, 3.63) is 164 Å². The first-order valence-electron chi connectivity index (χ1n) is 18.8. The molecule has 5 heteroatoms. The molecule has 0 spiro atoms. The predicted octanol–water partition coefficient (Wildman–Crippen LogP) is 9.81. The fourth-order valence-electron chi connectivity index (χ4n) is 9.25. The first-order chi connectivity index (χ1) is 26.3. The summed E-state index contributed by atoms with van der Waals surface area (Å²) in [5.74, 6) is 2.17. The predicted molar refractivity (Wildman–Crippen MR) is 231 cm³/mol. The van der Waals surface area contributed by atoms with Crippen LogP contribution in [0, 0.1) is 0 Å². The summed E-state index contributed by atoms with van der Waals surface area (Å²) in [5, 5.41) is 5.71. The monoisotopic (exact) mass is 725 g/mol. The van der Waals surface area contributed by atoms with Gasteiger partial charge in [-0.1, -0.05) is 190 Å². The van der Waals surface area contributed by atoms with E-state index >= 15 is 0 Å². The van der Waals surface area contributed by atoms with E-state index in [4.69, 9.17) is 15.0 Å². The topological polar surface area (TPSA) is 38.7 Å². The molecule has 7 aromatic carbocycles. The van der Waals surface area contributed by atoms with Gasteiger partial charge >= 0.3 is 0 Å². The molecule has 0 radical (unpaired) electrons. The van der Waals surface area contributed by atoms with Crippen LogP contribution in [0.1, 0.15) is 0 Å². The number of hydrogen-bond acceptors (Lipinski definition) is 3. The first-order valence-corrected chi connectivity index (χ1v) is 24.8. The van der Waals surface area contributed by atoms with E-state index in [1.807, 2.05) is 6.07 Å². The van der Waals surface area contributed by atoms with Crippen molar-refractivity contribution >= 4 is 36.9 Å². The van der Waals surface area contributed by atoms with Gasteiger partial charge in [-0.3, -0.25) is 0 Å². The number of nitrogens with zero attached hydrogens (tertiary/aromatic N) is 3. The van der Waals surface area contributed by atoms with E-state index in [9.17, 15) is 0 Å². The molecule has 8 aromatic rings. The van der Waals surface area contributed by atoms with Gasteiger partial charge in [0, 0.05) is 16.7 Å². The van der Waals surface area contributed by atoms with Gasteiger partial charge in [-0.2, -0.15) is 0 Å². The Balaban J connectivity index is 1.27. The van der Waals surface area contributed by atoms with Crippen LogP contribution in [0.5, 0.6) is 0 Å². The van der Waals surface area contributed by atoms with Crippen molar-refractivity contribution in [2.75, 3.05) is 0 Å². The maximum absolute atomic E-state index is 5.54. The molecule has 0 bridgehead atoms. The fourth-order valence-corrected chi connectivity index (χ4v) is 16.1. The van der Waals surface area contributed by atoms with Crippen molar-refractivity contribution in [1.29, 1.82) is 0 Å². The average Bonchev–Trinajstić information content (AvgIpc) is 3.62. The fraction of sp³-hybridized carbons (Fsp3) is 0.0816. The molecule has 0 atom stereocenters. The van der Waals surface area contributed by atoms with E-state index in [-0.39, 0.29) is 0 Å². The molecule has 0 saturated carbocycles. The highest BCUT2D eigenvalue weighted by Gasteiger charge is 2.43. The van der Waals surface area contributed by atoms with Crippen LogP contribution in [-0.2, 0) is 0 Å². The third-order valence-electron chi connectivity index (χ3n) is 11.7. The molecule has 3 heterocycles. The summed E-state index contributed by atoms with van der Waals surface area (Å²) in [6.07, 6.45) is 0.